The van der Waals surface area contributed by atoms with Crippen LogP contribution in [0.15, 0.2) is 4.99 Å². The highest BCUT2D eigenvalue weighted by Gasteiger charge is 2.21. The molecule has 0 aromatic rings. The van der Waals surface area contributed by atoms with E-state index < -0.39 is 0 Å². The van der Waals surface area contributed by atoms with Gasteiger partial charge in [0.15, 0.2) is 5.96 Å². The van der Waals surface area contributed by atoms with E-state index in [1.54, 1.807) is 7.11 Å². The van der Waals surface area contributed by atoms with Gasteiger partial charge in [-0.25, -0.2) is 0 Å². The number of methoxy groups -OCH3 is 1. The Morgan fingerprint density at radius 3 is 2.44 bits per heavy atom. The maximum absolute atomic E-state index is 5.93. The monoisotopic (exact) mass is 468 g/mol. The molecular formula is C18H37IN4O2. The number of aliphatic imine (C=N–C) groups is 1. The standard InChI is InChI=1S/C18H36N4O2.HI/c1-19-18(20-9-5-12-21-10-3-4-11-21)22-13-7-17(8-14-22)24-16-6-15-23-2;/h17H,3-16H2,1-2H3,(H,19,20);1H. The summed E-state index contributed by atoms with van der Waals surface area (Å²) < 4.78 is 11.0. The minimum Gasteiger partial charge on any atom is -0.385 e. The van der Waals surface area contributed by atoms with E-state index in [2.05, 4.69) is 20.1 Å². The average Bonchev–Trinajstić information content (AvgIpc) is 3.13. The van der Waals surface area contributed by atoms with Gasteiger partial charge in [-0.15, -0.1) is 24.0 Å². The summed E-state index contributed by atoms with van der Waals surface area (Å²) in [5.41, 5.74) is 0. The third-order valence-corrected chi connectivity index (χ3v) is 4.93. The van der Waals surface area contributed by atoms with Gasteiger partial charge in [-0.05, 0) is 58.2 Å². The van der Waals surface area contributed by atoms with E-state index in [4.69, 9.17) is 9.47 Å². The summed E-state index contributed by atoms with van der Waals surface area (Å²) in [7, 11) is 3.62. The van der Waals surface area contributed by atoms with E-state index in [-0.39, 0.29) is 24.0 Å². The second-order valence-electron chi connectivity index (χ2n) is 6.78. The lowest BCUT2D eigenvalue weighted by atomic mass is 10.1. The molecule has 0 saturated carbocycles. The van der Waals surface area contributed by atoms with Gasteiger partial charge in [-0.2, -0.15) is 0 Å². The number of rotatable bonds is 9. The van der Waals surface area contributed by atoms with Crippen molar-refractivity contribution in [2.24, 2.45) is 4.99 Å². The van der Waals surface area contributed by atoms with Gasteiger partial charge in [0, 0.05) is 47.0 Å². The van der Waals surface area contributed by atoms with Gasteiger partial charge in [0.05, 0.1) is 6.10 Å². The van der Waals surface area contributed by atoms with E-state index in [1.807, 2.05) is 7.05 Å². The van der Waals surface area contributed by atoms with Gasteiger partial charge in [0.1, 0.15) is 0 Å². The van der Waals surface area contributed by atoms with Crippen LogP contribution in [0, 0.1) is 0 Å². The van der Waals surface area contributed by atoms with Crippen molar-refractivity contribution >= 4 is 29.9 Å². The Kier molecular flexibility index (Phi) is 12.8. The molecule has 2 aliphatic rings. The zero-order chi connectivity index (χ0) is 17.0. The fourth-order valence-corrected chi connectivity index (χ4v) is 3.53. The first kappa shape index (κ1) is 22.9. The lowest BCUT2D eigenvalue weighted by Crippen LogP contribution is -2.47. The van der Waals surface area contributed by atoms with Crippen LogP contribution in [0.5, 0.6) is 0 Å². The minimum absolute atomic E-state index is 0. The Balaban J connectivity index is 0.00000312. The van der Waals surface area contributed by atoms with E-state index in [1.165, 1.54) is 38.9 Å². The SMILES string of the molecule is CN=C(NCCCN1CCCC1)N1CCC(OCCCOC)CC1.I. The smallest absolute Gasteiger partial charge is 0.193 e. The summed E-state index contributed by atoms with van der Waals surface area (Å²) in [5, 5.41) is 3.53. The molecule has 2 fully saturated rings. The summed E-state index contributed by atoms with van der Waals surface area (Å²) in [5.74, 6) is 1.05. The van der Waals surface area contributed by atoms with Crippen molar-refractivity contribution in [2.75, 3.05) is 66.6 Å². The van der Waals surface area contributed by atoms with Crippen molar-refractivity contribution in [2.45, 2.75) is 44.6 Å². The molecule has 1 N–H and O–H groups in total. The van der Waals surface area contributed by atoms with E-state index in [0.717, 1.165) is 58.1 Å². The maximum Gasteiger partial charge on any atom is 0.193 e. The largest absolute Gasteiger partial charge is 0.385 e. The highest BCUT2D eigenvalue weighted by atomic mass is 127. The normalized spacial score (nSPS) is 19.9. The molecule has 6 nitrogen and oxygen atoms in total. The zero-order valence-electron chi connectivity index (χ0n) is 16.0. The van der Waals surface area contributed by atoms with Crippen LogP contribution in [-0.4, -0.2) is 88.5 Å². The second-order valence-corrected chi connectivity index (χ2v) is 6.78. The van der Waals surface area contributed by atoms with Gasteiger partial charge < -0.3 is 24.6 Å². The molecule has 7 heteroatoms. The Bertz CT molecular complexity index is 357. The third kappa shape index (κ3) is 8.88. The fourth-order valence-electron chi connectivity index (χ4n) is 3.53. The van der Waals surface area contributed by atoms with Crippen LogP contribution in [0.25, 0.3) is 0 Å². The van der Waals surface area contributed by atoms with Crippen molar-refractivity contribution in [3.63, 3.8) is 0 Å². The van der Waals surface area contributed by atoms with Crippen LogP contribution in [0.3, 0.4) is 0 Å². The number of ether oxygens (including phenoxy) is 2. The molecule has 148 valence electrons. The van der Waals surface area contributed by atoms with Gasteiger partial charge in [0.25, 0.3) is 0 Å². The predicted molar refractivity (Wildman–Crippen MR) is 114 cm³/mol. The number of piperidine rings is 1. The molecule has 2 rings (SSSR count). The van der Waals surface area contributed by atoms with E-state index >= 15 is 0 Å². The lowest BCUT2D eigenvalue weighted by molar-refractivity contribution is 0.00991. The summed E-state index contributed by atoms with van der Waals surface area (Å²) in [6, 6.07) is 0. The molecule has 0 aromatic carbocycles. The number of nitrogens with zero attached hydrogens (tertiary/aromatic N) is 3. The lowest BCUT2D eigenvalue weighted by Gasteiger charge is -2.34. The fraction of sp³-hybridized carbons (Fsp3) is 0.944. The average molecular weight is 468 g/mol. The topological polar surface area (TPSA) is 49.3 Å². The molecule has 0 aliphatic carbocycles. The van der Waals surface area contributed by atoms with Crippen molar-refractivity contribution in [3.05, 3.63) is 0 Å². The van der Waals surface area contributed by atoms with Crippen LogP contribution in [0.2, 0.25) is 0 Å². The van der Waals surface area contributed by atoms with Crippen molar-refractivity contribution in [3.8, 4) is 0 Å². The molecule has 2 heterocycles. The Hall–Kier alpha value is -0.120. The quantitative estimate of drug-likeness (QED) is 0.243. The molecule has 25 heavy (non-hydrogen) atoms. The predicted octanol–water partition coefficient (Wildman–Crippen LogP) is 2.18. The van der Waals surface area contributed by atoms with Crippen LogP contribution in [0.4, 0.5) is 0 Å². The molecule has 2 saturated heterocycles. The van der Waals surface area contributed by atoms with Gasteiger partial charge in [-0.1, -0.05) is 0 Å². The first-order valence-electron chi connectivity index (χ1n) is 9.62. The first-order valence-corrected chi connectivity index (χ1v) is 9.62. The number of hydrogen-bond acceptors (Lipinski definition) is 4. The highest BCUT2D eigenvalue weighted by molar-refractivity contribution is 14.0. The second kappa shape index (κ2) is 14.0. The van der Waals surface area contributed by atoms with Crippen molar-refractivity contribution < 1.29 is 9.47 Å². The number of hydrogen-bond donors (Lipinski definition) is 1. The zero-order valence-corrected chi connectivity index (χ0v) is 18.4. The Morgan fingerprint density at radius 1 is 1.08 bits per heavy atom. The molecule has 2 aliphatic heterocycles. The third-order valence-electron chi connectivity index (χ3n) is 4.93. The highest BCUT2D eigenvalue weighted by Crippen LogP contribution is 2.14. The molecule has 0 aromatic heterocycles. The van der Waals surface area contributed by atoms with Gasteiger partial charge in [0.2, 0.25) is 0 Å². The summed E-state index contributed by atoms with van der Waals surface area (Å²) in [6.45, 7) is 8.44. The van der Waals surface area contributed by atoms with Crippen LogP contribution in [0.1, 0.15) is 38.5 Å². The summed E-state index contributed by atoms with van der Waals surface area (Å²) in [6.07, 6.45) is 7.49. The number of nitrogens with one attached hydrogen (secondary N) is 1. The summed E-state index contributed by atoms with van der Waals surface area (Å²) in [4.78, 5) is 9.39. The molecule has 0 radical (unpaired) electrons. The molecule has 0 unspecified atom stereocenters. The van der Waals surface area contributed by atoms with Crippen molar-refractivity contribution in [1.29, 1.82) is 0 Å². The maximum atomic E-state index is 5.93. The van der Waals surface area contributed by atoms with Crippen LogP contribution >= 0.6 is 24.0 Å². The summed E-state index contributed by atoms with van der Waals surface area (Å²) >= 11 is 0. The number of likely N-dealkylation sites (tertiary alicyclic amines) is 2. The van der Waals surface area contributed by atoms with Crippen LogP contribution < -0.4 is 5.32 Å². The van der Waals surface area contributed by atoms with Crippen molar-refractivity contribution in [1.82, 2.24) is 15.1 Å². The van der Waals surface area contributed by atoms with E-state index in [0.29, 0.717) is 6.10 Å². The Labute approximate surface area is 170 Å². The Morgan fingerprint density at radius 2 is 1.80 bits per heavy atom. The number of halogens is 1. The minimum atomic E-state index is 0. The molecule has 0 atom stereocenters. The van der Waals surface area contributed by atoms with Gasteiger partial charge >= 0.3 is 0 Å². The molecular weight excluding hydrogens is 431 g/mol. The first-order chi connectivity index (χ1) is 11.8. The molecule has 0 amide bonds. The number of guanidine groups is 1. The molecule has 0 bridgehead atoms. The molecule has 0 spiro atoms. The van der Waals surface area contributed by atoms with E-state index in [9.17, 15) is 0 Å². The van der Waals surface area contributed by atoms with Crippen LogP contribution in [-0.2, 0) is 9.47 Å². The van der Waals surface area contributed by atoms with Gasteiger partial charge in [-0.3, -0.25) is 4.99 Å².